The van der Waals surface area contributed by atoms with Crippen LogP contribution in [0.2, 0.25) is 0 Å². The van der Waals surface area contributed by atoms with E-state index in [1.807, 2.05) is 23.5 Å². The van der Waals surface area contributed by atoms with Crippen LogP contribution < -0.4 is 14.8 Å². The Morgan fingerprint density at radius 3 is 2.76 bits per heavy atom. The van der Waals surface area contributed by atoms with Gasteiger partial charge in [-0.3, -0.25) is 4.79 Å². The van der Waals surface area contributed by atoms with Crippen LogP contribution in [0.1, 0.15) is 72.7 Å². The van der Waals surface area contributed by atoms with E-state index in [0.717, 1.165) is 72.1 Å². The van der Waals surface area contributed by atoms with E-state index in [0.29, 0.717) is 12.5 Å². The summed E-state index contributed by atoms with van der Waals surface area (Å²) < 4.78 is 11.0. The van der Waals surface area contributed by atoms with Crippen molar-refractivity contribution >= 4 is 33.3 Å². The molecule has 7 nitrogen and oxygen atoms in total. The largest absolute Gasteiger partial charge is 0.481 e. The van der Waals surface area contributed by atoms with Gasteiger partial charge in [0.05, 0.1) is 5.39 Å². The SMILES string of the molecule is O=C(O)CC1CCC(c2nc(NCc3ccc4c(c3)OCO4)c3c4c(sc3n2)CCCC4)CC1. The highest BCUT2D eigenvalue weighted by molar-refractivity contribution is 7.19. The van der Waals surface area contributed by atoms with Gasteiger partial charge in [0, 0.05) is 23.8 Å². The zero-order valence-electron chi connectivity index (χ0n) is 19.1. The molecule has 2 aliphatic carbocycles. The highest BCUT2D eigenvalue weighted by atomic mass is 32.1. The van der Waals surface area contributed by atoms with Gasteiger partial charge in [0.2, 0.25) is 6.79 Å². The molecule has 0 atom stereocenters. The summed E-state index contributed by atoms with van der Waals surface area (Å²) in [6.45, 7) is 0.927. The van der Waals surface area contributed by atoms with Crippen molar-refractivity contribution < 1.29 is 19.4 Å². The van der Waals surface area contributed by atoms with Crippen LogP contribution >= 0.6 is 11.3 Å². The first-order valence-electron chi connectivity index (χ1n) is 12.3. The summed E-state index contributed by atoms with van der Waals surface area (Å²) in [5.74, 6) is 3.30. The molecular weight excluding hydrogens is 450 g/mol. The molecule has 0 radical (unpaired) electrons. The Hall–Kier alpha value is -2.87. The van der Waals surface area contributed by atoms with Crippen LogP contribution in [0.4, 0.5) is 5.82 Å². The smallest absolute Gasteiger partial charge is 0.303 e. The average Bonchev–Trinajstić information content (AvgIpc) is 3.46. The fourth-order valence-electron chi connectivity index (χ4n) is 5.59. The van der Waals surface area contributed by atoms with E-state index in [1.165, 1.54) is 28.7 Å². The summed E-state index contributed by atoms with van der Waals surface area (Å²) in [5.41, 5.74) is 2.55. The van der Waals surface area contributed by atoms with E-state index in [9.17, 15) is 4.79 Å². The van der Waals surface area contributed by atoms with E-state index in [1.54, 1.807) is 0 Å². The Labute approximate surface area is 202 Å². The summed E-state index contributed by atoms with van der Waals surface area (Å²) in [5, 5.41) is 14.0. The van der Waals surface area contributed by atoms with Gasteiger partial charge in [-0.15, -0.1) is 11.3 Å². The number of nitrogens with zero attached hydrogens (tertiary/aromatic N) is 2. The summed E-state index contributed by atoms with van der Waals surface area (Å²) in [4.78, 5) is 23.8. The number of carboxylic acids is 1. The van der Waals surface area contributed by atoms with Gasteiger partial charge in [-0.05, 0) is 80.5 Å². The quantitative estimate of drug-likeness (QED) is 0.471. The van der Waals surface area contributed by atoms with Crippen molar-refractivity contribution in [2.24, 2.45) is 5.92 Å². The summed E-state index contributed by atoms with van der Waals surface area (Å²) >= 11 is 1.83. The molecule has 2 aromatic heterocycles. The van der Waals surface area contributed by atoms with Crippen LogP contribution in [-0.2, 0) is 24.2 Å². The van der Waals surface area contributed by atoms with Crippen molar-refractivity contribution in [3.8, 4) is 11.5 Å². The number of carboxylic acid groups (broad SMARTS) is 1. The number of hydrogen-bond acceptors (Lipinski definition) is 7. The van der Waals surface area contributed by atoms with Gasteiger partial charge in [0.25, 0.3) is 0 Å². The van der Waals surface area contributed by atoms with Crippen molar-refractivity contribution in [1.82, 2.24) is 9.97 Å². The van der Waals surface area contributed by atoms with E-state index in [2.05, 4.69) is 11.4 Å². The van der Waals surface area contributed by atoms with Crippen LogP contribution in [0.3, 0.4) is 0 Å². The number of aromatic nitrogens is 2. The second kappa shape index (κ2) is 9.06. The minimum absolute atomic E-state index is 0.270. The molecule has 34 heavy (non-hydrogen) atoms. The van der Waals surface area contributed by atoms with Crippen LogP contribution in [-0.4, -0.2) is 27.8 Å². The number of hydrogen-bond donors (Lipinski definition) is 2. The lowest BCUT2D eigenvalue weighted by Crippen LogP contribution is -2.18. The lowest BCUT2D eigenvalue weighted by Gasteiger charge is -2.27. The number of ether oxygens (including phenoxy) is 2. The first-order valence-corrected chi connectivity index (χ1v) is 13.1. The van der Waals surface area contributed by atoms with Gasteiger partial charge in [0.15, 0.2) is 11.5 Å². The fourth-order valence-corrected chi connectivity index (χ4v) is 6.86. The molecule has 3 aromatic rings. The summed E-state index contributed by atoms with van der Waals surface area (Å²) in [6, 6.07) is 6.05. The Balaban J connectivity index is 1.29. The number of fused-ring (bicyclic) bond motifs is 4. The molecule has 6 rings (SSSR count). The fraction of sp³-hybridized carbons (Fsp3) is 0.500. The van der Waals surface area contributed by atoms with Gasteiger partial charge in [-0.25, -0.2) is 9.97 Å². The molecule has 1 aliphatic heterocycles. The average molecular weight is 480 g/mol. The van der Waals surface area contributed by atoms with Crippen LogP contribution in [0.5, 0.6) is 11.5 Å². The van der Waals surface area contributed by atoms with Crippen LogP contribution in [0.15, 0.2) is 18.2 Å². The molecule has 0 bridgehead atoms. The molecule has 0 spiro atoms. The Kier molecular flexibility index (Phi) is 5.77. The number of benzene rings is 1. The number of thiophene rings is 1. The molecular formula is C26H29N3O4S. The second-order valence-corrected chi connectivity index (χ2v) is 10.8. The Morgan fingerprint density at radius 1 is 1.09 bits per heavy atom. The first-order chi connectivity index (χ1) is 16.6. The maximum atomic E-state index is 11.1. The third kappa shape index (κ3) is 4.19. The van der Waals surface area contributed by atoms with Crippen molar-refractivity contribution in [3.05, 3.63) is 40.0 Å². The van der Waals surface area contributed by atoms with Crippen LogP contribution in [0.25, 0.3) is 10.2 Å². The lowest BCUT2D eigenvalue weighted by molar-refractivity contribution is -0.138. The number of nitrogens with one attached hydrogen (secondary N) is 1. The normalized spacial score (nSPS) is 21.4. The van der Waals surface area contributed by atoms with Gasteiger partial charge in [0.1, 0.15) is 16.5 Å². The van der Waals surface area contributed by atoms with Crippen molar-refractivity contribution in [3.63, 3.8) is 0 Å². The van der Waals surface area contributed by atoms with Gasteiger partial charge >= 0.3 is 5.97 Å². The monoisotopic (exact) mass is 479 g/mol. The molecule has 1 fully saturated rings. The van der Waals surface area contributed by atoms with E-state index in [-0.39, 0.29) is 19.1 Å². The first kappa shape index (κ1) is 21.6. The van der Waals surface area contributed by atoms with Gasteiger partial charge < -0.3 is 19.9 Å². The van der Waals surface area contributed by atoms with E-state index >= 15 is 0 Å². The molecule has 178 valence electrons. The highest BCUT2D eigenvalue weighted by Gasteiger charge is 2.28. The van der Waals surface area contributed by atoms with Crippen molar-refractivity contribution in [2.45, 2.75) is 70.3 Å². The minimum Gasteiger partial charge on any atom is -0.481 e. The maximum Gasteiger partial charge on any atom is 0.303 e. The molecule has 3 aliphatic rings. The van der Waals surface area contributed by atoms with Crippen molar-refractivity contribution in [1.29, 1.82) is 0 Å². The van der Waals surface area contributed by atoms with Gasteiger partial charge in [-0.1, -0.05) is 6.07 Å². The third-order valence-electron chi connectivity index (χ3n) is 7.40. The number of rotatable bonds is 6. The minimum atomic E-state index is -0.694. The van der Waals surface area contributed by atoms with Crippen molar-refractivity contribution in [2.75, 3.05) is 12.1 Å². The Bertz CT molecular complexity index is 1230. The zero-order chi connectivity index (χ0) is 23.1. The predicted octanol–water partition coefficient (Wildman–Crippen LogP) is 5.66. The number of aliphatic carboxylic acids is 1. The molecule has 3 heterocycles. The molecule has 0 amide bonds. The number of aryl methyl sites for hydroxylation is 2. The molecule has 0 unspecified atom stereocenters. The molecule has 8 heteroatoms. The predicted molar refractivity (Wildman–Crippen MR) is 131 cm³/mol. The third-order valence-corrected chi connectivity index (χ3v) is 8.59. The topological polar surface area (TPSA) is 93.6 Å². The van der Waals surface area contributed by atoms with Gasteiger partial charge in [-0.2, -0.15) is 0 Å². The van der Waals surface area contributed by atoms with Crippen LogP contribution in [0, 0.1) is 5.92 Å². The lowest BCUT2D eigenvalue weighted by atomic mass is 9.80. The standard InChI is InChI=1S/C26H29N3O4S/c30-22(31)12-15-5-8-17(9-6-15)24-28-25(23-18-3-1-2-4-21(18)34-26(23)29-24)27-13-16-7-10-19-20(11-16)33-14-32-19/h7,10-11,15,17H,1-6,8-9,12-14H2,(H,30,31)(H,27,28,29). The summed E-state index contributed by atoms with van der Waals surface area (Å²) in [7, 11) is 0. The maximum absolute atomic E-state index is 11.1. The second-order valence-electron chi connectivity index (χ2n) is 9.68. The highest BCUT2D eigenvalue weighted by Crippen LogP contribution is 2.42. The van der Waals surface area contributed by atoms with E-state index < -0.39 is 5.97 Å². The zero-order valence-corrected chi connectivity index (χ0v) is 20.0. The molecule has 2 N–H and O–H groups in total. The molecule has 1 saturated carbocycles. The van der Waals surface area contributed by atoms with E-state index in [4.69, 9.17) is 24.5 Å². The Morgan fingerprint density at radius 2 is 1.91 bits per heavy atom. The summed E-state index contributed by atoms with van der Waals surface area (Å²) in [6.07, 6.45) is 8.73. The number of anilines is 1. The molecule has 1 aromatic carbocycles. The number of carbonyl (C=O) groups is 1. The molecule has 0 saturated heterocycles.